The molecule has 1 saturated carbocycles. The maximum Gasteiger partial charge on any atom is 0.276 e. The van der Waals surface area contributed by atoms with E-state index in [9.17, 15) is 10.1 Å². The van der Waals surface area contributed by atoms with Crippen LogP contribution in [0.3, 0.4) is 0 Å². The van der Waals surface area contributed by atoms with E-state index in [2.05, 4.69) is 11.4 Å². The molecule has 2 rings (SSSR count). The van der Waals surface area contributed by atoms with Crippen LogP contribution >= 0.6 is 0 Å². The molecule has 0 saturated heterocycles. The molecule has 1 unspecified atom stereocenters. The van der Waals surface area contributed by atoms with Crippen molar-refractivity contribution in [1.29, 1.82) is 5.26 Å². The highest BCUT2D eigenvalue weighted by Gasteiger charge is 2.25. The topological polar surface area (TPSA) is 88.2 Å². The zero-order chi connectivity index (χ0) is 14.7. The standard InChI is InChI=1S/C14H17N3O3/c1-9-5-10(2)14(6-13(9)17(18)19)20-8-12(7-15)16-11-3-4-11/h5-6,11-12,16H,3-4,8H2,1-2H3. The van der Waals surface area contributed by atoms with Gasteiger partial charge >= 0.3 is 0 Å². The van der Waals surface area contributed by atoms with Gasteiger partial charge in [-0.1, -0.05) is 0 Å². The quantitative estimate of drug-likeness (QED) is 0.635. The number of nitro benzene ring substituents is 1. The second-order valence-corrected chi connectivity index (χ2v) is 5.09. The van der Waals surface area contributed by atoms with E-state index in [1.54, 1.807) is 13.0 Å². The van der Waals surface area contributed by atoms with E-state index in [0.29, 0.717) is 17.4 Å². The van der Waals surface area contributed by atoms with E-state index in [0.717, 1.165) is 18.4 Å². The smallest absolute Gasteiger partial charge is 0.276 e. The predicted octanol–water partition coefficient (Wildman–Crippen LogP) is 2.23. The summed E-state index contributed by atoms with van der Waals surface area (Å²) in [6, 6.07) is 5.32. The molecule has 0 radical (unpaired) electrons. The van der Waals surface area contributed by atoms with Gasteiger partial charge in [0.1, 0.15) is 18.4 Å². The Morgan fingerprint density at radius 3 is 2.75 bits per heavy atom. The van der Waals surface area contributed by atoms with Crippen LogP contribution in [0.25, 0.3) is 0 Å². The molecule has 0 spiro atoms. The third-order valence-electron chi connectivity index (χ3n) is 3.27. The normalized spacial score (nSPS) is 15.4. The molecule has 1 fully saturated rings. The lowest BCUT2D eigenvalue weighted by Crippen LogP contribution is -2.34. The van der Waals surface area contributed by atoms with E-state index in [1.165, 1.54) is 6.07 Å². The summed E-state index contributed by atoms with van der Waals surface area (Å²) in [6.45, 7) is 3.72. The van der Waals surface area contributed by atoms with Gasteiger partial charge in [0.05, 0.1) is 17.1 Å². The molecule has 0 amide bonds. The number of rotatable bonds is 6. The highest BCUT2D eigenvalue weighted by atomic mass is 16.6. The van der Waals surface area contributed by atoms with Crippen LogP contribution in [0.1, 0.15) is 24.0 Å². The van der Waals surface area contributed by atoms with Gasteiger partial charge in [-0.3, -0.25) is 15.4 Å². The summed E-state index contributed by atoms with van der Waals surface area (Å²) in [5, 5.41) is 23.1. The molecule has 106 valence electrons. The number of hydrogen-bond donors (Lipinski definition) is 1. The molecule has 0 bridgehead atoms. The van der Waals surface area contributed by atoms with Gasteiger partial charge in [-0.2, -0.15) is 5.26 Å². The Hall–Kier alpha value is -2.13. The molecule has 1 aromatic rings. The highest BCUT2D eigenvalue weighted by Crippen LogP contribution is 2.28. The van der Waals surface area contributed by atoms with Crippen LogP contribution in [0, 0.1) is 35.3 Å². The number of hydrogen-bond acceptors (Lipinski definition) is 5. The lowest BCUT2D eigenvalue weighted by Gasteiger charge is -2.14. The Kier molecular flexibility index (Phi) is 4.20. The Bertz CT molecular complexity index is 562. The van der Waals surface area contributed by atoms with Gasteiger partial charge in [0.2, 0.25) is 0 Å². The van der Waals surface area contributed by atoms with E-state index in [1.807, 2.05) is 6.92 Å². The van der Waals surface area contributed by atoms with Crippen molar-refractivity contribution in [1.82, 2.24) is 5.32 Å². The fourth-order valence-electron chi connectivity index (χ4n) is 2.00. The van der Waals surface area contributed by atoms with Crippen LogP contribution in [0.15, 0.2) is 12.1 Å². The van der Waals surface area contributed by atoms with Gasteiger partial charge in [-0.15, -0.1) is 0 Å². The van der Waals surface area contributed by atoms with Crippen molar-refractivity contribution >= 4 is 5.69 Å². The number of nitro groups is 1. The molecular formula is C14H17N3O3. The highest BCUT2D eigenvalue weighted by molar-refractivity contribution is 5.49. The van der Waals surface area contributed by atoms with Gasteiger partial charge in [-0.05, 0) is 38.3 Å². The Labute approximate surface area is 117 Å². The average Bonchev–Trinajstić information content (AvgIpc) is 3.19. The second kappa shape index (κ2) is 5.88. The molecule has 6 nitrogen and oxygen atoms in total. The summed E-state index contributed by atoms with van der Waals surface area (Å²) >= 11 is 0. The van der Waals surface area contributed by atoms with Gasteiger partial charge in [-0.25, -0.2) is 0 Å². The lowest BCUT2D eigenvalue weighted by atomic mass is 10.1. The molecule has 20 heavy (non-hydrogen) atoms. The van der Waals surface area contributed by atoms with Crippen LogP contribution in [0.5, 0.6) is 5.75 Å². The molecule has 0 heterocycles. The molecule has 1 N–H and O–H groups in total. The molecule has 0 aliphatic heterocycles. The number of nitrogens with zero attached hydrogens (tertiary/aromatic N) is 2. The third-order valence-corrected chi connectivity index (χ3v) is 3.27. The van der Waals surface area contributed by atoms with E-state index in [4.69, 9.17) is 10.00 Å². The van der Waals surface area contributed by atoms with Crippen LogP contribution in [-0.4, -0.2) is 23.6 Å². The lowest BCUT2D eigenvalue weighted by molar-refractivity contribution is -0.385. The summed E-state index contributed by atoms with van der Waals surface area (Å²) in [5.74, 6) is 0.458. The minimum Gasteiger partial charge on any atom is -0.490 e. The Morgan fingerprint density at radius 2 is 2.20 bits per heavy atom. The van der Waals surface area contributed by atoms with Crippen molar-refractivity contribution in [3.05, 3.63) is 33.4 Å². The maximum absolute atomic E-state index is 10.9. The van der Waals surface area contributed by atoms with Gasteiger partial charge < -0.3 is 4.74 Å². The fraction of sp³-hybridized carbons (Fsp3) is 0.500. The maximum atomic E-state index is 10.9. The molecule has 0 aromatic heterocycles. The number of benzene rings is 1. The summed E-state index contributed by atoms with van der Waals surface area (Å²) in [5.41, 5.74) is 1.47. The minimum absolute atomic E-state index is 0.0364. The van der Waals surface area contributed by atoms with E-state index in [-0.39, 0.29) is 18.3 Å². The van der Waals surface area contributed by atoms with E-state index < -0.39 is 4.92 Å². The van der Waals surface area contributed by atoms with Crippen molar-refractivity contribution in [2.75, 3.05) is 6.61 Å². The predicted molar refractivity (Wildman–Crippen MR) is 73.6 cm³/mol. The van der Waals surface area contributed by atoms with Gasteiger partial charge in [0.15, 0.2) is 0 Å². The van der Waals surface area contributed by atoms with Crippen molar-refractivity contribution in [3.8, 4) is 11.8 Å². The zero-order valence-corrected chi connectivity index (χ0v) is 11.5. The first-order valence-corrected chi connectivity index (χ1v) is 6.55. The van der Waals surface area contributed by atoms with Crippen molar-refractivity contribution in [3.63, 3.8) is 0 Å². The van der Waals surface area contributed by atoms with Crippen LogP contribution in [-0.2, 0) is 0 Å². The van der Waals surface area contributed by atoms with Crippen molar-refractivity contribution in [2.45, 2.75) is 38.8 Å². The fourth-order valence-corrected chi connectivity index (χ4v) is 2.00. The number of nitriles is 1. The molecule has 1 aliphatic carbocycles. The summed E-state index contributed by atoms with van der Waals surface area (Å²) < 4.78 is 5.57. The summed E-state index contributed by atoms with van der Waals surface area (Å²) in [4.78, 5) is 10.5. The van der Waals surface area contributed by atoms with E-state index >= 15 is 0 Å². The van der Waals surface area contributed by atoms with Crippen LogP contribution in [0.2, 0.25) is 0 Å². The monoisotopic (exact) mass is 275 g/mol. The average molecular weight is 275 g/mol. The number of ether oxygens (including phenoxy) is 1. The summed E-state index contributed by atoms with van der Waals surface area (Å²) in [6.07, 6.45) is 2.18. The second-order valence-electron chi connectivity index (χ2n) is 5.09. The molecule has 1 aromatic carbocycles. The SMILES string of the molecule is Cc1cc(C)c([N+](=O)[O-])cc1OCC(C#N)NC1CC1. The molecular weight excluding hydrogens is 258 g/mol. The van der Waals surface area contributed by atoms with Gasteiger partial charge in [0.25, 0.3) is 5.69 Å². The van der Waals surface area contributed by atoms with Crippen LogP contribution < -0.4 is 10.1 Å². The Morgan fingerprint density at radius 1 is 1.50 bits per heavy atom. The number of aryl methyl sites for hydroxylation is 2. The first kappa shape index (κ1) is 14.3. The third kappa shape index (κ3) is 3.45. The first-order chi connectivity index (χ1) is 9.51. The molecule has 1 aliphatic rings. The van der Waals surface area contributed by atoms with Crippen molar-refractivity contribution in [2.24, 2.45) is 0 Å². The van der Waals surface area contributed by atoms with Gasteiger partial charge in [0, 0.05) is 11.6 Å². The summed E-state index contributed by atoms with van der Waals surface area (Å²) in [7, 11) is 0. The van der Waals surface area contributed by atoms with Crippen LogP contribution in [0.4, 0.5) is 5.69 Å². The minimum atomic E-state index is -0.425. The molecule has 1 atom stereocenters. The van der Waals surface area contributed by atoms with Crippen molar-refractivity contribution < 1.29 is 9.66 Å². The molecule has 6 heteroatoms. The first-order valence-electron chi connectivity index (χ1n) is 6.55. The zero-order valence-electron chi connectivity index (χ0n) is 11.5. The largest absolute Gasteiger partial charge is 0.490 e. The number of nitrogens with one attached hydrogen (secondary N) is 1. The Balaban J connectivity index is 2.06.